The average molecular weight is 241 g/mol. The minimum absolute atomic E-state index is 0.0193. The number of halogens is 1. The van der Waals surface area contributed by atoms with E-state index in [0.29, 0.717) is 15.6 Å². The Morgan fingerprint density at radius 1 is 1.62 bits per heavy atom. The molecule has 66 valence electrons. The van der Waals surface area contributed by atoms with Gasteiger partial charge in [-0.05, 0) is 28.9 Å². The third kappa shape index (κ3) is 1.68. The molecule has 0 saturated heterocycles. The largest absolute Gasteiger partial charge is 0.273 e. The van der Waals surface area contributed by atoms with Crippen molar-refractivity contribution < 1.29 is 4.92 Å². The summed E-state index contributed by atoms with van der Waals surface area (Å²) in [6.07, 6.45) is 0. The molecule has 0 radical (unpaired) electrons. The van der Waals surface area contributed by atoms with Crippen LogP contribution in [0.25, 0.3) is 0 Å². The lowest BCUT2D eigenvalue weighted by atomic mass is 10.1. The fraction of sp³-hybridized carbons (Fsp3) is 0.125. The van der Waals surface area contributed by atoms with Crippen molar-refractivity contribution in [1.82, 2.24) is 0 Å². The molecular formula is C8H5BrN2O2. The van der Waals surface area contributed by atoms with E-state index in [9.17, 15) is 10.1 Å². The monoisotopic (exact) mass is 240 g/mol. The molecule has 1 aromatic rings. The van der Waals surface area contributed by atoms with E-state index in [2.05, 4.69) is 15.9 Å². The first-order valence-corrected chi connectivity index (χ1v) is 4.21. The van der Waals surface area contributed by atoms with E-state index in [0.717, 1.165) is 0 Å². The molecule has 0 aliphatic carbocycles. The SMILES string of the molecule is Cc1c([N+](=O)[O-])ccc(C#N)c1Br. The van der Waals surface area contributed by atoms with Crippen LogP contribution in [0.4, 0.5) is 5.69 Å². The summed E-state index contributed by atoms with van der Waals surface area (Å²) in [5.41, 5.74) is 0.901. The predicted octanol–water partition coefficient (Wildman–Crippen LogP) is 2.54. The fourth-order valence-corrected chi connectivity index (χ4v) is 1.38. The number of hydrogen-bond acceptors (Lipinski definition) is 3. The maximum Gasteiger partial charge on any atom is 0.273 e. The molecule has 0 aliphatic heterocycles. The van der Waals surface area contributed by atoms with Gasteiger partial charge >= 0.3 is 0 Å². The Kier molecular flexibility index (Phi) is 2.63. The lowest BCUT2D eigenvalue weighted by Crippen LogP contribution is -1.93. The highest BCUT2D eigenvalue weighted by Crippen LogP contribution is 2.28. The number of benzene rings is 1. The molecule has 5 heteroatoms. The molecule has 0 unspecified atom stereocenters. The molecule has 1 aromatic carbocycles. The van der Waals surface area contributed by atoms with Crippen molar-refractivity contribution in [2.75, 3.05) is 0 Å². The molecule has 4 nitrogen and oxygen atoms in total. The zero-order valence-electron chi connectivity index (χ0n) is 6.74. The summed E-state index contributed by atoms with van der Waals surface area (Å²) in [5, 5.41) is 19.1. The first-order valence-electron chi connectivity index (χ1n) is 3.41. The van der Waals surface area contributed by atoms with Crippen molar-refractivity contribution in [3.8, 4) is 6.07 Å². The third-order valence-electron chi connectivity index (χ3n) is 1.67. The standard InChI is InChI=1S/C8H5BrN2O2/c1-5-7(11(12)13)3-2-6(4-10)8(5)9/h2-3H,1H3. The molecule has 1 rings (SSSR count). The van der Waals surface area contributed by atoms with Gasteiger partial charge in [0, 0.05) is 16.1 Å². The van der Waals surface area contributed by atoms with Gasteiger partial charge in [-0.25, -0.2) is 0 Å². The molecule has 0 saturated carbocycles. The van der Waals surface area contributed by atoms with E-state index < -0.39 is 4.92 Å². The zero-order valence-corrected chi connectivity index (χ0v) is 8.33. The van der Waals surface area contributed by atoms with Crippen LogP contribution in [-0.4, -0.2) is 4.92 Å². The minimum atomic E-state index is -0.471. The topological polar surface area (TPSA) is 66.9 Å². The van der Waals surface area contributed by atoms with E-state index in [1.165, 1.54) is 12.1 Å². The molecule has 0 aromatic heterocycles. The summed E-state index contributed by atoms with van der Waals surface area (Å²) in [5.74, 6) is 0. The third-order valence-corrected chi connectivity index (χ3v) is 2.70. The Morgan fingerprint density at radius 2 is 2.23 bits per heavy atom. The summed E-state index contributed by atoms with van der Waals surface area (Å²) in [7, 11) is 0. The zero-order chi connectivity index (χ0) is 10.0. The van der Waals surface area contributed by atoms with Crippen molar-refractivity contribution in [1.29, 1.82) is 5.26 Å². The lowest BCUT2D eigenvalue weighted by Gasteiger charge is -2.00. The Labute approximate surface area is 83.1 Å². The van der Waals surface area contributed by atoms with Crippen molar-refractivity contribution in [3.05, 3.63) is 37.8 Å². The Bertz CT molecular complexity index is 409. The van der Waals surface area contributed by atoms with Crippen LogP contribution in [-0.2, 0) is 0 Å². The van der Waals surface area contributed by atoms with Gasteiger partial charge in [-0.2, -0.15) is 5.26 Å². The number of nitriles is 1. The molecular weight excluding hydrogens is 236 g/mol. The normalized spacial score (nSPS) is 9.31. The second kappa shape index (κ2) is 3.54. The van der Waals surface area contributed by atoms with Gasteiger partial charge in [0.15, 0.2) is 0 Å². The van der Waals surface area contributed by atoms with Crippen LogP contribution in [0.5, 0.6) is 0 Å². The fourth-order valence-electron chi connectivity index (χ4n) is 0.959. The second-order valence-electron chi connectivity index (χ2n) is 2.44. The van der Waals surface area contributed by atoms with Gasteiger partial charge in [-0.15, -0.1) is 0 Å². The van der Waals surface area contributed by atoms with Gasteiger partial charge < -0.3 is 0 Å². The number of nitrogens with zero attached hydrogens (tertiary/aromatic N) is 2. The van der Waals surface area contributed by atoms with Gasteiger partial charge in [-0.1, -0.05) is 0 Å². The summed E-state index contributed by atoms with van der Waals surface area (Å²) in [6.45, 7) is 1.60. The van der Waals surface area contributed by atoms with E-state index in [4.69, 9.17) is 5.26 Å². The molecule has 0 spiro atoms. The second-order valence-corrected chi connectivity index (χ2v) is 3.23. The van der Waals surface area contributed by atoms with Crippen LogP contribution >= 0.6 is 15.9 Å². The first kappa shape index (κ1) is 9.68. The first-order chi connectivity index (χ1) is 6.07. The van der Waals surface area contributed by atoms with E-state index >= 15 is 0 Å². The van der Waals surface area contributed by atoms with Crippen molar-refractivity contribution in [2.45, 2.75) is 6.92 Å². The molecule has 0 bridgehead atoms. The molecule has 0 N–H and O–H groups in total. The van der Waals surface area contributed by atoms with E-state index in [1.54, 1.807) is 6.92 Å². The van der Waals surface area contributed by atoms with Gasteiger partial charge in [0.05, 0.1) is 10.5 Å². The van der Waals surface area contributed by atoms with Gasteiger partial charge in [0.2, 0.25) is 0 Å². The number of nitro groups is 1. The Morgan fingerprint density at radius 3 is 2.69 bits per heavy atom. The summed E-state index contributed by atoms with van der Waals surface area (Å²) in [6, 6.07) is 4.69. The summed E-state index contributed by atoms with van der Waals surface area (Å²) >= 11 is 3.13. The predicted molar refractivity (Wildman–Crippen MR) is 50.2 cm³/mol. The van der Waals surface area contributed by atoms with Crippen molar-refractivity contribution in [2.24, 2.45) is 0 Å². The van der Waals surface area contributed by atoms with Crippen molar-refractivity contribution in [3.63, 3.8) is 0 Å². The highest BCUT2D eigenvalue weighted by atomic mass is 79.9. The highest BCUT2D eigenvalue weighted by molar-refractivity contribution is 9.10. The molecule has 0 atom stereocenters. The van der Waals surface area contributed by atoms with Crippen LogP contribution in [0.2, 0.25) is 0 Å². The molecule has 0 aliphatic rings. The number of rotatable bonds is 1. The van der Waals surface area contributed by atoms with Crippen molar-refractivity contribution >= 4 is 21.6 Å². The van der Waals surface area contributed by atoms with Crippen LogP contribution in [0.15, 0.2) is 16.6 Å². The summed E-state index contributed by atoms with van der Waals surface area (Å²) in [4.78, 5) is 10.0. The van der Waals surface area contributed by atoms with Gasteiger partial charge in [0.1, 0.15) is 6.07 Å². The summed E-state index contributed by atoms with van der Waals surface area (Å²) < 4.78 is 0.490. The maximum absolute atomic E-state index is 10.5. The van der Waals surface area contributed by atoms with E-state index in [1.807, 2.05) is 6.07 Å². The molecule has 13 heavy (non-hydrogen) atoms. The van der Waals surface area contributed by atoms with Crippen LogP contribution in [0.1, 0.15) is 11.1 Å². The molecule has 0 amide bonds. The molecule has 0 fully saturated rings. The van der Waals surface area contributed by atoms with E-state index in [-0.39, 0.29) is 5.69 Å². The van der Waals surface area contributed by atoms with Gasteiger partial charge in [-0.3, -0.25) is 10.1 Å². The maximum atomic E-state index is 10.5. The number of hydrogen-bond donors (Lipinski definition) is 0. The highest BCUT2D eigenvalue weighted by Gasteiger charge is 2.14. The Hall–Kier alpha value is -1.41. The van der Waals surface area contributed by atoms with Crippen LogP contribution in [0, 0.1) is 28.4 Å². The lowest BCUT2D eigenvalue weighted by molar-refractivity contribution is -0.385. The molecule has 0 heterocycles. The minimum Gasteiger partial charge on any atom is -0.258 e. The van der Waals surface area contributed by atoms with Gasteiger partial charge in [0.25, 0.3) is 5.69 Å². The quantitative estimate of drug-likeness (QED) is 0.560. The van der Waals surface area contributed by atoms with Crippen LogP contribution < -0.4 is 0 Å². The van der Waals surface area contributed by atoms with Crippen LogP contribution in [0.3, 0.4) is 0 Å². The average Bonchev–Trinajstić information content (AvgIpc) is 2.09. The Balaban J connectivity index is 3.42. The number of nitro benzene ring substituents is 1. The smallest absolute Gasteiger partial charge is 0.258 e.